The normalized spacial score (nSPS) is 14.4. The number of amides is 2. The molecule has 7 nitrogen and oxygen atoms in total. The molecule has 5 N–H and O–H groups in total. The quantitative estimate of drug-likeness (QED) is 0.421. The lowest BCUT2D eigenvalue weighted by Gasteiger charge is -2.25. The minimum atomic E-state index is -0.978. The highest BCUT2D eigenvalue weighted by Gasteiger charge is 2.16. The van der Waals surface area contributed by atoms with Crippen molar-refractivity contribution in [3.05, 3.63) is 52.2 Å². The van der Waals surface area contributed by atoms with Crippen LogP contribution in [0.4, 0.5) is 16.2 Å². The van der Waals surface area contributed by atoms with Gasteiger partial charge >= 0.3 is 6.09 Å². The van der Waals surface area contributed by atoms with Gasteiger partial charge in [-0.2, -0.15) is 0 Å². The molecule has 1 aliphatic heterocycles. The van der Waals surface area contributed by atoms with Crippen LogP contribution in [0.15, 0.2) is 42.5 Å². The number of nitrogens with zero attached hydrogens (tertiary/aromatic N) is 1. The van der Waals surface area contributed by atoms with E-state index in [4.69, 9.17) is 10.8 Å². The lowest BCUT2D eigenvalue weighted by atomic mass is 10.1. The minimum absolute atomic E-state index is 0.155. The number of hydrogen-bond donors (Lipinski definition) is 4. The first-order valence-corrected chi connectivity index (χ1v) is 9.99. The molecule has 0 spiro atoms. The van der Waals surface area contributed by atoms with Gasteiger partial charge in [0.05, 0.1) is 16.3 Å². The van der Waals surface area contributed by atoms with Crippen molar-refractivity contribution in [2.45, 2.75) is 12.8 Å². The fourth-order valence-corrected chi connectivity index (χ4v) is 4.03. The van der Waals surface area contributed by atoms with Crippen molar-refractivity contribution in [1.29, 1.82) is 0 Å². The molecule has 1 aromatic carbocycles. The Hall–Kier alpha value is -2.84. The van der Waals surface area contributed by atoms with Gasteiger partial charge in [-0.1, -0.05) is 18.2 Å². The first-order valence-electron chi connectivity index (χ1n) is 9.17. The molecule has 0 aliphatic carbocycles. The van der Waals surface area contributed by atoms with Crippen LogP contribution in [-0.2, 0) is 0 Å². The molecule has 0 saturated carbocycles. The maximum atomic E-state index is 12.5. The van der Waals surface area contributed by atoms with Crippen LogP contribution in [0.1, 0.15) is 27.4 Å². The number of nitrogens with one attached hydrogen (secondary N) is 2. The molecule has 2 aromatic rings. The predicted octanol–water partition coefficient (Wildman–Crippen LogP) is 3.33. The van der Waals surface area contributed by atoms with Gasteiger partial charge in [0.25, 0.3) is 5.91 Å². The number of nitrogens with two attached hydrogens (primary N) is 1. The van der Waals surface area contributed by atoms with E-state index in [1.165, 1.54) is 16.9 Å². The molecule has 0 atom stereocenters. The Balaban J connectivity index is 1.53. The summed E-state index contributed by atoms with van der Waals surface area (Å²) in [6.07, 6.45) is 2.92. The van der Waals surface area contributed by atoms with E-state index in [-0.39, 0.29) is 5.91 Å². The van der Waals surface area contributed by atoms with E-state index >= 15 is 0 Å². The number of carbonyl (C=O) groups is 2. The molecule has 0 bridgehead atoms. The average Bonchev–Trinajstić information content (AvgIpc) is 3.18. The van der Waals surface area contributed by atoms with Crippen LogP contribution < -0.4 is 16.4 Å². The van der Waals surface area contributed by atoms with E-state index in [1.54, 1.807) is 12.1 Å². The molecule has 148 valence electrons. The summed E-state index contributed by atoms with van der Waals surface area (Å²) in [6, 6.07) is 11.0. The molecule has 28 heavy (non-hydrogen) atoms. The average molecular weight is 401 g/mol. The molecule has 0 saturated heterocycles. The smallest absolute Gasteiger partial charge is 0.404 e. The first kappa shape index (κ1) is 19.9. The Morgan fingerprint density at radius 2 is 2.04 bits per heavy atom. The molecular weight excluding hydrogens is 376 g/mol. The number of carboxylic acid groups (broad SMARTS) is 1. The molecule has 0 radical (unpaired) electrons. The Kier molecular flexibility index (Phi) is 6.67. The zero-order valence-corrected chi connectivity index (χ0v) is 16.3. The third kappa shape index (κ3) is 5.34. The van der Waals surface area contributed by atoms with Crippen LogP contribution in [0.5, 0.6) is 0 Å². The van der Waals surface area contributed by atoms with E-state index in [1.807, 2.05) is 24.3 Å². The van der Waals surface area contributed by atoms with Crippen molar-refractivity contribution in [2.75, 3.05) is 37.2 Å². The number of para-hydroxylation sites is 2. The van der Waals surface area contributed by atoms with Crippen LogP contribution in [0.2, 0.25) is 0 Å². The molecule has 2 heterocycles. The second-order valence-corrected chi connectivity index (χ2v) is 7.65. The fourth-order valence-electron chi connectivity index (χ4n) is 3.06. The van der Waals surface area contributed by atoms with Gasteiger partial charge in [0, 0.05) is 31.1 Å². The SMILES string of the molecule is Nc1ccccc1NC(=O)c1ccc(C2=CCN(CCCNC(=O)O)CC2)s1. The van der Waals surface area contributed by atoms with E-state index in [2.05, 4.69) is 21.6 Å². The molecule has 1 aliphatic rings. The van der Waals surface area contributed by atoms with Crippen molar-refractivity contribution in [1.82, 2.24) is 10.2 Å². The van der Waals surface area contributed by atoms with Gasteiger partial charge < -0.3 is 21.5 Å². The lowest BCUT2D eigenvalue weighted by molar-refractivity contribution is 0.103. The van der Waals surface area contributed by atoms with E-state index in [0.29, 0.717) is 22.8 Å². The van der Waals surface area contributed by atoms with E-state index in [0.717, 1.165) is 37.4 Å². The van der Waals surface area contributed by atoms with Crippen LogP contribution >= 0.6 is 11.3 Å². The van der Waals surface area contributed by atoms with E-state index in [9.17, 15) is 9.59 Å². The fraction of sp³-hybridized carbons (Fsp3) is 0.300. The topological polar surface area (TPSA) is 108 Å². The summed E-state index contributed by atoms with van der Waals surface area (Å²) in [5, 5.41) is 13.8. The standard InChI is InChI=1S/C20H24N4O3S/c21-15-4-1-2-5-16(15)23-19(25)18-7-6-17(28-18)14-8-12-24(13-9-14)11-3-10-22-20(26)27/h1-2,4-8,22H,3,9-13,21H2,(H,23,25)(H,26,27). The van der Waals surface area contributed by atoms with Gasteiger partial charge in [-0.3, -0.25) is 9.69 Å². The van der Waals surface area contributed by atoms with Crippen LogP contribution in [0.25, 0.3) is 5.57 Å². The highest BCUT2D eigenvalue weighted by molar-refractivity contribution is 7.15. The summed E-state index contributed by atoms with van der Waals surface area (Å²) in [6.45, 7) is 3.10. The molecule has 0 fully saturated rings. The predicted molar refractivity (Wildman–Crippen MR) is 113 cm³/mol. The highest BCUT2D eigenvalue weighted by Crippen LogP contribution is 2.29. The zero-order valence-electron chi connectivity index (χ0n) is 15.5. The summed E-state index contributed by atoms with van der Waals surface area (Å²) in [4.78, 5) is 27.0. The summed E-state index contributed by atoms with van der Waals surface area (Å²) in [7, 11) is 0. The number of anilines is 2. The van der Waals surface area contributed by atoms with Crippen molar-refractivity contribution < 1.29 is 14.7 Å². The summed E-state index contributed by atoms with van der Waals surface area (Å²) >= 11 is 1.48. The van der Waals surface area contributed by atoms with Crippen molar-refractivity contribution in [2.24, 2.45) is 0 Å². The summed E-state index contributed by atoms with van der Waals surface area (Å²) in [5.74, 6) is -0.155. The van der Waals surface area contributed by atoms with Gasteiger partial charge in [-0.05, 0) is 42.7 Å². The van der Waals surface area contributed by atoms with Crippen molar-refractivity contribution >= 4 is 40.3 Å². The minimum Gasteiger partial charge on any atom is -0.465 e. The highest BCUT2D eigenvalue weighted by atomic mass is 32.1. The van der Waals surface area contributed by atoms with Gasteiger partial charge in [0.15, 0.2) is 0 Å². The molecule has 2 amide bonds. The number of thiophene rings is 1. The third-order valence-corrected chi connectivity index (χ3v) is 5.74. The van der Waals surface area contributed by atoms with Gasteiger partial charge in [-0.15, -0.1) is 11.3 Å². The molecule has 1 aromatic heterocycles. The Morgan fingerprint density at radius 1 is 1.21 bits per heavy atom. The Morgan fingerprint density at radius 3 is 2.75 bits per heavy atom. The Labute approximate surface area is 167 Å². The van der Waals surface area contributed by atoms with Gasteiger partial charge in [0.2, 0.25) is 0 Å². The second kappa shape index (κ2) is 9.38. The third-order valence-electron chi connectivity index (χ3n) is 4.58. The summed E-state index contributed by atoms with van der Waals surface area (Å²) < 4.78 is 0. The van der Waals surface area contributed by atoms with Crippen molar-refractivity contribution in [3.63, 3.8) is 0 Å². The largest absolute Gasteiger partial charge is 0.465 e. The molecule has 8 heteroatoms. The first-order chi connectivity index (χ1) is 13.5. The van der Waals surface area contributed by atoms with Crippen LogP contribution in [0, 0.1) is 0 Å². The van der Waals surface area contributed by atoms with Crippen molar-refractivity contribution in [3.8, 4) is 0 Å². The molecule has 0 unspecified atom stereocenters. The number of rotatable bonds is 7. The Bertz CT molecular complexity index is 878. The number of hydrogen-bond acceptors (Lipinski definition) is 5. The summed E-state index contributed by atoms with van der Waals surface area (Å²) in [5.41, 5.74) is 8.30. The maximum absolute atomic E-state index is 12.5. The zero-order chi connectivity index (χ0) is 19.9. The van der Waals surface area contributed by atoms with Crippen LogP contribution in [0.3, 0.4) is 0 Å². The van der Waals surface area contributed by atoms with Gasteiger partial charge in [0.1, 0.15) is 0 Å². The number of nitrogen functional groups attached to an aromatic ring is 1. The molecular formula is C20H24N4O3S. The molecule has 3 rings (SSSR count). The maximum Gasteiger partial charge on any atom is 0.404 e. The number of carbonyl (C=O) groups excluding carboxylic acids is 1. The lowest BCUT2D eigenvalue weighted by Crippen LogP contribution is -2.32. The van der Waals surface area contributed by atoms with Gasteiger partial charge in [-0.25, -0.2) is 4.79 Å². The number of benzene rings is 1. The monoisotopic (exact) mass is 400 g/mol. The van der Waals surface area contributed by atoms with Crippen LogP contribution in [-0.4, -0.2) is 48.2 Å². The second-order valence-electron chi connectivity index (χ2n) is 6.57. The van der Waals surface area contributed by atoms with E-state index < -0.39 is 6.09 Å².